The molecule has 0 saturated heterocycles. The van der Waals surface area contributed by atoms with Crippen molar-refractivity contribution in [2.45, 2.75) is 6.42 Å². The van der Waals surface area contributed by atoms with Crippen LogP contribution < -0.4 is 20.5 Å². The summed E-state index contributed by atoms with van der Waals surface area (Å²) in [4.78, 5) is 11.3. The van der Waals surface area contributed by atoms with Crippen LogP contribution in [0.15, 0.2) is 12.1 Å². The number of fused-ring (bicyclic) bond motifs is 1. The van der Waals surface area contributed by atoms with Gasteiger partial charge in [0.15, 0.2) is 6.61 Å². The maximum Gasteiger partial charge on any atom is 0.262 e. The molecule has 0 unspecified atom stereocenters. The molecule has 0 atom stereocenters. The van der Waals surface area contributed by atoms with Gasteiger partial charge < -0.3 is 20.5 Å². The van der Waals surface area contributed by atoms with Gasteiger partial charge in [-0.2, -0.15) is 0 Å². The number of sulfonamides is 1. The number of nitrogens with two attached hydrogens (primary N) is 1. The summed E-state index contributed by atoms with van der Waals surface area (Å²) < 4.78 is 36.2. The van der Waals surface area contributed by atoms with Crippen LogP contribution in [0.1, 0.15) is 6.42 Å². The lowest BCUT2D eigenvalue weighted by Crippen LogP contribution is -2.26. The van der Waals surface area contributed by atoms with E-state index in [4.69, 9.17) is 15.2 Å². The van der Waals surface area contributed by atoms with Gasteiger partial charge in [0.05, 0.1) is 22.8 Å². The van der Waals surface area contributed by atoms with E-state index < -0.39 is 10.0 Å². The Balaban J connectivity index is 2.17. The SMILES string of the molecule is COCCCS(=O)(=O)Nc1cc2c(cc1N)OCC(=O)N2. The fourth-order valence-electron chi connectivity index (χ4n) is 1.84. The quantitative estimate of drug-likeness (QED) is 0.515. The van der Waals surface area contributed by atoms with E-state index >= 15 is 0 Å². The lowest BCUT2D eigenvalue weighted by atomic mass is 10.2. The Bertz CT molecular complexity index is 645. The molecule has 8 nitrogen and oxygen atoms in total. The van der Waals surface area contributed by atoms with Crippen LogP contribution in [-0.2, 0) is 19.6 Å². The van der Waals surface area contributed by atoms with Crippen LogP contribution in [0.2, 0.25) is 0 Å². The average Bonchev–Trinajstić information content (AvgIpc) is 2.40. The second kappa shape index (κ2) is 6.19. The standard InChI is InChI=1S/C12H17N3O5S/c1-19-3-2-4-21(17,18)15-9-6-10-11(5-8(9)13)20-7-12(16)14-10/h5-6,15H,2-4,7,13H2,1H3,(H,14,16). The summed E-state index contributed by atoms with van der Waals surface area (Å²) in [5.74, 6) is 0.0239. The first kappa shape index (κ1) is 15.4. The average molecular weight is 315 g/mol. The zero-order valence-corrected chi connectivity index (χ0v) is 12.3. The van der Waals surface area contributed by atoms with Gasteiger partial charge in [-0.3, -0.25) is 9.52 Å². The van der Waals surface area contributed by atoms with Crippen LogP contribution in [-0.4, -0.2) is 40.4 Å². The molecule has 0 fully saturated rings. The number of nitrogen functional groups attached to an aromatic ring is 1. The first-order valence-electron chi connectivity index (χ1n) is 6.27. The van der Waals surface area contributed by atoms with E-state index in [0.717, 1.165) is 0 Å². The van der Waals surface area contributed by atoms with E-state index in [-0.39, 0.29) is 29.6 Å². The van der Waals surface area contributed by atoms with E-state index in [9.17, 15) is 13.2 Å². The topological polar surface area (TPSA) is 120 Å². The molecule has 0 bridgehead atoms. The number of methoxy groups -OCH3 is 1. The van der Waals surface area contributed by atoms with Gasteiger partial charge in [0.1, 0.15) is 5.75 Å². The molecule has 9 heteroatoms. The number of ether oxygens (including phenoxy) is 2. The van der Waals surface area contributed by atoms with Crippen molar-refractivity contribution in [2.24, 2.45) is 0 Å². The highest BCUT2D eigenvalue weighted by Gasteiger charge is 2.20. The lowest BCUT2D eigenvalue weighted by Gasteiger charge is -2.20. The van der Waals surface area contributed by atoms with Crippen molar-refractivity contribution in [3.8, 4) is 5.75 Å². The summed E-state index contributed by atoms with van der Waals surface area (Å²) in [5.41, 5.74) is 6.61. The first-order chi connectivity index (χ1) is 9.91. The zero-order valence-electron chi connectivity index (χ0n) is 11.5. The predicted molar refractivity (Wildman–Crippen MR) is 78.9 cm³/mol. The molecule has 1 heterocycles. The summed E-state index contributed by atoms with van der Waals surface area (Å²) in [6, 6.07) is 2.91. The van der Waals surface area contributed by atoms with Gasteiger partial charge in [-0.05, 0) is 12.5 Å². The Morgan fingerprint density at radius 2 is 2.24 bits per heavy atom. The van der Waals surface area contributed by atoms with Crippen LogP contribution in [0, 0.1) is 0 Å². The molecular weight excluding hydrogens is 298 g/mol. The number of benzene rings is 1. The first-order valence-corrected chi connectivity index (χ1v) is 7.92. The molecule has 0 aliphatic carbocycles. The van der Waals surface area contributed by atoms with Crippen molar-refractivity contribution in [3.63, 3.8) is 0 Å². The van der Waals surface area contributed by atoms with E-state index in [0.29, 0.717) is 24.5 Å². The maximum atomic E-state index is 11.9. The zero-order chi connectivity index (χ0) is 15.5. The Labute approximate surface area is 122 Å². The van der Waals surface area contributed by atoms with E-state index in [1.54, 1.807) is 0 Å². The minimum atomic E-state index is -3.53. The van der Waals surface area contributed by atoms with Crippen molar-refractivity contribution >= 4 is 33.0 Å². The van der Waals surface area contributed by atoms with E-state index in [1.807, 2.05) is 0 Å². The maximum absolute atomic E-state index is 11.9. The van der Waals surface area contributed by atoms with Gasteiger partial charge in [0.25, 0.3) is 5.91 Å². The molecule has 0 radical (unpaired) electrons. The van der Waals surface area contributed by atoms with Gasteiger partial charge in [-0.25, -0.2) is 8.42 Å². The van der Waals surface area contributed by atoms with E-state index in [2.05, 4.69) is 10.0 Å². The molecule has 4 N–H and O–H groups in total. The summed E-state index contributed by atoms with van der Waals surface area (Å²) in [6.45, 7) is 0.263. The van der Waals surface area contributed by atoms with E-state index in [1.165, 1.54) is 19.2 Å². The van der Waals surface area contributed by atoms with Crippen molar-refractivity contribution in [2.75, 3.05) is 41.8 Å². The molecule has 0 saturated carbocycles. The highest BCUT2D eigenvalue weighted by Crippen LogP contribution is 2.35. The number of rotatable bonds is 6. The molecular formula is C12H17N3O5S. The van der Waals surface area contributed by atoms with Gasteiger partial charge in [0.2, 0.25) is 10.0 Å². The third-order valence-corrected chi connectivity index (χ3v) is 4.17. The molecule has 1 aromatic carbocycles. The molecule has 1 aromatic rings. The molecule has 0 spiro atoms. The second-order valence-electron chi connectivity index (χ2n) is 4.54. The number of carbonyl (C=O) groups is 1. The number of amides is 1. The summed E-state index contributed by atoms with van der Waals surface area (Å²) in [7, 11) is -2.03. The Morgan fingerprint density at radius 3 is 2.95 bits per heavy atom. The fourth-order valence-corrected chi connectivity index (χ4v) is 2.95. The smallest absolute Gasteiger partial charge is 0.262 e. The normalized spacial score (nSPS) is 14.0. The van der Waals surface area contributed by atoms with Crippen molar-refractivity contribution in [1.29, 1.82) is 0 Å². The van der Waals surface area contributed by atoms with Crippen LogP contribution in [0.25, 0.3) is 0 Å². The van der Waals surface area contributed by atoms with Crippen LogP contribution in [0.3, 0.4) is 0 Å². The second-order valence-corrected chi connectivity index (χ2v) is 6.38. The summed E-state index contributed by atoms with van der Waals surface area (Å²) in [6.07, 6.45) is 0.372. The highest BCUT2D eigenvalue weighted by molar-refractivity contribution is 7.92. The molecule has 1 amide bonds. The van der Waals surface area contributed by atoms with Crippen molar-refractivity contribution in [3.05, 3.63) is 12.1 Å². The number of nitrogens with one attached hydrogen (secondary N) is 2. The highest BCUT2D eigenvalue weighted by atomic mass is 32.2. The number of hydrogen-bond acceptors (Lipinski definition) is 6. The minimum absolute atomic E-state index is 0.0831. The van der Waals surface area contributed by atoms with Crippen LogP contribution in [0.4, 0.5) is 17.1 Å². The molecule has 2 rings (SSSR count). The monoisotopic (exact) mass is 315 g/mol. The number of hydrogen-bond donors (Lipinski definition) is 3. The lowest BCUT2D eigenvalue weighted by molar-refractivity contribution is -0.118. The molecule has 116 valence electrons. The number of anilines is 3. The third kappa shape index (κ3) is 3.99. The minimum Gasteiger partial charge on any atom is -0.482 e. The van der Waals surface area contributed by atoms with Crippen LogP contribution >= 0.6 is 0 Å². The Kier molecular flexibility index (Phi) is 4.53. The summed E-state index contributed by atoms with van der Waals surface area (Å²) in [5, 5.41) is 2.59. The molecule has 1 aliphatic rings. The summed E-state index contributed by atoms with van der Waals surface area (Å²) >= 11 is 0. The largest absolute Gasteiger partial charge is 0.482 e. The van der Waals surface area contributed by atoms with Crippen molar-refractivity contribution in [1.82, 2.24) is 0 Å². The number of carbonyl (C=O) groups excluding carboxylic acids is 1. The van der Waals surface area contributed by atoms with Crippen LogP contribution in [0.5, 0.6) is 5.75 Å². The molecule has 0 aromatic heterocycles. The fraction of sp³-hybridized carbons (Fsp3) is 0.417. The predicted octanol–water partition coefficient (Wildman–Crippen LogP) is 0.378. The molecule has 1 aliphatic heterocycles. The van der Waals surface area contributed by atoms with Crippen molar-refractivity contribution < 1.29 is 22.7 Å². The van der Waals surface area contributed by atoms with Gasteiger partial charge >= 0.3 is 0 Å². The third-order valence-electron chi connectivity index (χ3n) is 2.81. The van der Waals surface area contributed by atoms with Gasteiger partial charge in [-0.15, -0.1) is 0 Å². The van der Waals surface area contributed by atoms with Gasteiger partial charge in [0, 0.05) is 19.8 Å². The molecule has 21 heavy (non-hydrogen) atoms. The van der Waals surface area contributed by atoms with Gasteiger partial charge in [-0.1, -0.05) is 0 Å². The Morgan fingerprint density at radius 1 is 1.48 bits per heavy atom. The Hall–Kier alpha value is -2.00.